The van der Waals surface area contributed by atoms with E-state index in [4.69, 9.17) is 16.3 Å². The van der Waals surface area contributed by atoms with Gasteiger partial charge in [-0.25, -0.2) is 4.79 Å². The molecular weight excluding hydrogens is 402 g/mol. The van der Waals surface area contributed by atoms with E-state index >= 15 is 0 Å². The number of amides is 1. The summed E-state index contributed by atoms with van der Waals surface area (Å²) >= 11 is 5.92. The molecule has 3 aromatic carbocycles. The van der Waals surface area contributed by atoms with Crippen LogP contribution in [0.25, 0.3) is 10.8 Å². The lowest BCUT2D eigenvalue weighted by atomic mass is 10.0. The van der Waals surface area contributed by atoms with Crippen LogP contribution in [0.15, 0.2) is 60.7 Å². The van der Waals surface area contributed by atoms with Crippen LogP contribution < -0.4 is 10.1 Å². The first-order valence-electron chi connectivity index (χ1n) is 9.73. The van der Waals surface area contributed by atoms with E-state index < -0.39 is 17.4 Å². The molecule has 0 unspecified atom stereocenters. The van der Waals surface area contributed by atoms with Crippen LogP contribution in [0.3, 0.4) is 0 Å². The van der Waals surface area contributed by atoms with Gasteiger partial charge in [-0.2, -0.15) is 0 Å². The second-order valence-electron chi connectivity index (χ2n) is 7.63. The fraction of sp³-hybridized carbons (Fsp3) is 0.250. The van der Waals surface area contributed by atoms with Crippen LogP contribution >= 0.6 is 11.6 Å². The van der Waals surface area contributed by atoms with E-state index in [1.54, 1.807) is 6.07 Å². The first kappa shape index (κ1) is 21.7. The number of aryl methyl sites for hydroxylation is 1. The number of carbonyl (C=O) groups excluding carboxylic acids is 1. The Kier molecular flexibility index (Phi) is 6.63. The molecule has 0 fully saturated rings. The number of carboxylic acid groups (broad SMARTS) is 1. The minimum Gasteiger partial charge on any atom is -0.492 e. The van der Waals surface area contributed by atoms with Crippen molar-refractivity contribution in [1.29, 1.82) is 0 Å². The number of aliphatic carboxylic acids is 1. The highest BCUT2D eigenvalue weighted by atomic mass is 35.5. The fourth-order valence-corrected chi connectivity index (χ4v) is 3.21. The molecule has 5 nitrogen and oxygen atoms in total. The molecule has 2 N–H and O–H groups in total. The standard InChI is InChI=1S/C24H24ClNO4/c1-24(2,23(28)29)26-22(27)20-14-11-17-7-3-4-8-19(17)21(20)30-15-5-6-16-9-12-18(25)13-10-16/h3-4,7-14H,5-6,15H2,1-2H3,(H,26,27)(H,28,29). The van der Waals surface area contributed by atoms with Gasteiger partial charge < -0.3 is 15.2 Å². The Morgan fingerprint density at radius 3 is 2.43 bits per heavy atom. The van der Waals surface area contributed by atoms with E-state index in [2.05, 4.69) is 5.32 Å². The predicted octanol–water partition coefficient (Wildman–Crippen LogP) is 5.10. The Balaban J connectivity index is 1.80. The van der Waals surface area contributed by atoms with Crippen molar-refractivity contribution >= 4 is 34.2 Å². The lowest BCUT2D eigenvalue weighted by Gasteiger charge is -2.22. The van der Waals surface area contributed by atoms with Gasteiger partial charge in [-0.05, 0) is 55.8 Å². The molecule has 0 aliphatic carbocycles. The number of hydrogen-bond acceptors (Lipinski definition) is 3. The zero-order chi connectivity index (χ0) is 21.7. The van der Waals surface area contributed by atoms with Gasteiger partial charge in [-0.3, -0.25) is 4.79 Å². The summed E-state index contributed by atoms with van der Waals surface area (Å²) in [5.41, 5.74) is 0.0748. The molecule has 0 aromatic heterocycles. The molecule has 0 radical (unpaired) electrons. The number of ether oxygens (including phenoxy) is 1. The first-order chi connectivity index (χ1) is 14.3. The van der Waals surface area contributed by atoms with E-state index in [-0.39, 0.29) is 0 Å². The van der Waals surface area contributed by atoms with E-state index in [0.29, 0.717) is 22.9 Å². The molecule has 0 bridgehead atoms. The number of nitrogens with one attached hydrogen (secondary N) is 1. The second-order valence-corrected chi connectivity index (χ2v) is 8.06. The summed E-state index contributed by atoms with van der Waals surface area (Å²) in [5.74, 6) is -1.13. The minimum atomic E-state index is -1.39. The molecule has 0 aliphatic rings. The summed E-state index contributed by atoms with van der Waals surface area (Å²) in [6.45, 7) is 3.31. The number of hydrogen-bond donors (Lipinski definition) is 2. The topological polar surface area (TPSA) is 75.6 Å². The molecule has 0 spiro atoms. The Morgan fingerprint density at radius 2 is 1.73 bits per heavy atom. The van der Waals surface area contributed by atoms with Crippen molar-refractivity contribution in [3.63, 3.8) is 0 Å². The van der Waals surface area contributed by atoms with Crippen LogP contribution in [-0.2, 0) is 11.2 Å². The van der Waals surface area contributed by atoms with Crippen LogP contribution in [0.2, 0.25) is 5.02 Å². The second kappa shape index (κ2) is 9.18. The highest BCUT2D eigenvalue weighted by Gasteiger charge is 2.30. The van der Waals surface area contributed by atoms with Crippen molar-refractivity contribution < 1.29 is 19.4 Å². The van der Waals surface area contributed by atoms with E-state index in [9.17, 15) is 14.7 Å². The van der Waals surface area contributed by atoms with Crippen LogP contribution in [0, 0.1) is 0 Å². The molecular formula is C24H24ClNO4. The maximum absolute atomic E-state index is 12.8. The van der Waals surface area contributed by atoms with Gasteiger partial charge in [-0.15, -0.1) is 0 Å². The molecule has 0 saturated carbocycles. The van der Waals surface area contributed by atoms with Crippen LogP contribution in [0.4, 0.5) is 0 Å². The van der Waals surface area contributed by atoms with E-state index in [1.165, 1.54) is 13.8 Å². The molecule has 156 valence electrons. The van der Waals surface area contributed by atoms with Crippen molar-refractivity contribution in [3.05, 3.63) is 76.8 Å². The summed E-state index contributed by atoms with van der Waals surface area (Å²) in [6, 6.07) is 18.8. The van der Waals surface area contributed by atoms with Gasteiger partial charge in [0.05, 0.1) is 12.2 Å². The predicted molar refractivity (Wildman–Crippen MR) is 118 cm³/mol. The highest BCUT2D eigenvalue weighted by Crippen LogP contribution is 2.30. The zero-order valence-electron chi connectivity index (χ0n) is 16.9. The third-order valence-electron chi connectivity index (χ3n) is 4.85. The van der Waals surface area contributed by atoms with Crippen molar-refractivity contribution in [2.45, 2.75) is 32.2 Å². The van der Waals surface area contributed by atoms with Crippen molar-refractivity contribution in [2.75, 3.05) is 6.61 Å². The minimum absolute atomic E-state index is 0.314. The molecule has 0 aliphatic heterocycles. The SMILES string of the molecule is CC(C)(NC(=O)c1ccc2ccccc2c1OCCCc1ccc(Cl)cc1)C(=O)O. The number of fused-ring (bicyclic) bond motifs is 1. The molecule has 3 rings (SSSR count). The first-order valence-corrected chi connectivity index (χ1v) is 10.1. The monoisotopic (exact) mass is 425 g/mol. The van der Waals surface area contributed by atoms with Gasteiger partial charge in [0, 0.05) is 10.4 Å². The lowest BCUT2D eigenvalue weighted by molar-refractivity contribution is -0.143. The molecule has 0 atom stereocenters. The molecule has 0 heterocycles. The largest absolute Gasteiger partial charge is 0.492 e. The third kappa shape index (κ3) is 5.10. The third-order valence-corrected chi connectivity index (χ3v) is 5.11. The van der Waals surface area contributed by atoms with E-state index in [1.807, 2.05) is 54.6 Å². The number of rotatable bonds is 8. The van der Waals surface area contributed by atoms with Crippen LogP contribution in [0.1, 0.15) is 36.2 Å². The maximum atomic E-state index is 12.8. The van der Waals surface area contributed by atoms with Gasteiger partial charge in [0.1, 0.15) is 11.3 Å². The van der Waals surface area contributed by atoms with Crippen molar-refractivity contribution in [3.8, 4) is 5.75 Å². The lowest BCUT2D eigenvalue weighted by Crippen LogP contribution is -2.49. The Bertz CT molecular complexity index is 1060. The normalized spacial score (nSPS) is 11.3. The Labute approximate surface area is 180 Å². The molecule has 3 aromatic rings. The Morgan fingerprint density at radius 1 is 1.03 bits per heavy atom. The molecule has 0 saturated heterocycles. The summed E-state index contributed by atoms with van der Waals surface area (Å²) in [5, 5.41) is 14.3. The number of halogens is 1. The van der Waals surface area contributed by atoms with Crippen LogP contribution in [-0.4, -0.2) is 29.1 Å². The van der Waals surface area contributed by atoms with Gasteiger partial charge in [0.15, 0.2) is 0 Å². The fourth-order valence-electron chi connectivity index (χ4n) is 3.08. The molecule has 30 heavy (non-hydrogen) atoms. The summed E-state index contributed by atoms with van der Waals surface area (Å²) in [4.78, 5) is 24.2. The van der Waals surface area contributed by atoms with Gasteiger partial charge in [0.2, 0.25) is 0 Å². The van der Waals surface area contributed by atoms with Gasteiger partial charge in [0.25, 0.3) is 5.91 Å². The highest BCUT2D eigenvalue weighted by molar-refractivity contribution is 6.30. The smallest absolute Gasteiger partial charge is 0.328 e. The number of benzene rings is 3. The Hall–Kier alpha value is -3.05. The average Bonchev–Trinajstić information content (AvgIpc) is 2.71. The molecule has 1 amide bonds. The van der Waals surface area contributed by atoms with Gasteiger partial charge >= 0.3 is 5.97 Å². The van der Waals surface area contributed by atoms with Crippen molar-refractivity contribution in [2.24, 2.45) is 0 Å². The summed E-state index contributed by atoms with van der Waals surface area (Å²) in [7, 11) is 0. The maximum Gasteiger partial charge on any atom is 0.328 e. The van der Waals surface area contributed by atoms with Crippen LogP contribution in [0.5, 0.6) is 5.75 Å². The van der Waals surface area contributed by atoms with Crippen molar-refractivity contribution in [1.82, 2.24) is 5.32 Å². The summed E-state index contributed by atoms with van der Waals surface area (Å²) in [6.07, 6.45) is 1.57. The quantitative estimate of drug-likeness (QED) is 0.492. The summed E-state index contributed by atoms with van der Waals surface area (Å²) < 4.78 is 6.06. The van der Waals surface area contributed by atoms with Gasteiger partial charge in [-0.1, -0.05) is 54.1 Å². The molecule has 6 heteroatoms. The van der Waals surface area contributed by atoms with E-state index in [0.717, 1.165) is 29.2 Å². The number of carbonyl (C=O) groups is 2. The number of carboxylic acids is 1. The average molecular weight is 426 g/mol. The zero-order valence-corrected chi connectivity index (χ0v) is 17.7.